The van der Waals surface area contributed by atoms with E-state index < -0.39 is 11.0 Å². The van der Waals surface area contributed by atoms with Crippen molar-refractivity contribution in [2.75, 3.05) is 5.32 Å². The molecule has 1 aliphatic heterocycles. The number of benzene rings is 3. The van der Waals surface area contributed by atoms with E-state index in [-0.39, 0.29) is 33.5 Å². The van der Waals surface area contributed by atoms with Gasteiger partial charge in [-0.25, -0.2) is 4.99 Å². The Labute approximate surface area is 266 Å². The first-order chi connectivity index (χ1) is 21.6. The van der Waals surface area contributed by atoms with Crippen LogP contribution in [0.5, 0.6) is 0 Å². The number of hydrogen-bond donors (Lipinski definition) is 1. The summed E-state index contributed by atoms with van der Waals surface area (Å²) in [5.74, 6) is 0.549. The molecule has 45 heavy (non-hydrogen) atoms. The van der Waals surface area contributed by atoms with Gasteiger partial charge >= 0.3 is 0 Å². The Morgan fingerprint density at radius 1 is 1.09 bits per heavy atom. The van der Waals surface area contributed by atoms with Crippen LogP contribution in [0.3, 0.4) is 0 Å². The van der Waals surface area contributed by atoms with E-state index in [0.717, 1.165) is 11.1 Å². The van der Waals surface area contributed by atoms with Gasteiger partial charge in [-0.15, -0.1) is 0 Å². The van der Waals surface area contributed by atoms with E-state index in [1.165, 1.54) is 23.5 Å². The molecule has 2 aromatic heterocycles. The normalized spacial score (nSPS) is 14.8. The van der Waals surface area contributed by atoms with Crippen molar-refractivity contribution in [3.63, 3.8) is 0 Å². The molecule has 3 aromatic carbocycles. The van der Waals surface area contributed by atoms with Crippen LogP contribution in [0.15, 0.2) is 110 Å². The average Bonchev–Trinajstić information content (AvgIpc) is 3.60. The van der Waals surface area contributed by atoms with Crippen LogP contribution in [0.1, 0.15) is 49.6 Å². The zero-order valence-corrected chi connectivity index (χ0v) is 26.1. The fraction of sp³-hybridized carbons (Fsp3) is 0.147. The maximum atomic E-state index is 14.0. The van der Waals surface area contributed by atoms with Crippen molar-refractivity contribution in [2.24, 2.45) is 4.99 Å². The summed E-state index contributed by atoms with van der Waals surface area (Å²) in [6.45, 7) is 5.97. The molecule has 1 amide bonds. The number of amides is 1. The smallest absolute Gasteiger partial charge is 0.281 e. The summed E-state index contributed by atoms with van der Waals surface area (Å²) < 4.78 is 7.81. The summed E-state index contributed by atoms with van der Waals surface area (Å²) in [6, 6.07) is 23.9. The molecule has 226 valence electrons. The van der Waals surface area contributed by atoms with E-state index in [1.54, 1.807) is 47.9 Å². The monoisotopic (exact) mass is 638 g/mol. The Morgan fingerprint density at radius 3 is 2.51 bits per heavy atom. The first-order valence-electron chi connectivity index (χ1n) is 14.1. The van der Waals surface area contributed by atoms with E-state index in [1.807, 2.05) is 42.5 Å². The van der Waals surface area contributed by atoms with Gasteiger partial charge in [-0.05, 0) is 60.4 Å². The second kappa shape index (κ2) is 12.1. The fourth-order valence-electron chi connectivity index (χ4n) is 5.28. The predicted molar refractivity (Wildman–Crippen MR) is 175 cm³/mol. The van der Waals surface area contributed by atoms with E-state index in [0.29, 0.717) is 38.0 Å². The molecule has 1 atom stereocenters. The third-order valence-electron chi connectivity index (χ3n) is 7.54. The minimum atomic E-state index is -0.725. The zero-order valence-electron chi connectivity index (χ0n) is 24.5. The molecule has 3 heterocycles. The standard InChI is InChI=1S/C34H27ClN4O5S/c1-19(2)21-9-11-22(12-10-21)31-30(32(40)37-24-7-5-4-6-8-24)20(3)36-34-38(31)33(41)29(45-34)18-25-14-16-28(44-25)26-15-13-23(35)17-27(26)39(42)43/h4-19,31H,1-3H3,(H,37,40)/b29-18-. The summed E-state index contributed by atoms with van der Waals surface area (Å²) in [6.07, 6.45) is 1.58. The van der Waals surface area contributed by atoms with Gasteiger partial charge in [-0.2, -0.15) is 0 Å². The van der Waals surface area contributed by atoms with Gasteiger partial charge in [0.25, 0.3) is 17.2 Å². The predicted octanol–water partition coefficient (Wildman–Crippen LogP) is 6.82. The van der Waals surface area contributed by atoms with E-state index >= 15 is 0 Å². The van der Waals surface area contributed by atoms with E-state index in [2.05, 4.69) is 24.2 Å². The second-order valence-electron chi connectivity index (χ2n) is 10.8. The Bertz CT molecular complexity index is 2160. The number of nitro groups is 1. The minimum absolute atomic E-state index is 0.192. The highest BCUT2D eigenvalue weighted by Crippen LogP contribution is 2.34. The number of furan rings is 1. The van der Waals surface area contributed by atoms with Crippen LogP contribution >= 0.6 is 22.9 Å². The number of nitrogens with zero attached hydrogens (tertiary/aromatic N) is 3. The highest BCUT2D eigenvalue weighted by Gasteiger charge is 2.32. The molecule has 11 heteroatoms. The van der Waals surface area contributed by atoms with E-state index in [4.69, 9.17) is 16.0 Å². The van der Waals surface area contributed by atoms with Gasteiger partial charge in [-0.1, -0.05) is 79.2 Å². The largest absolute Gasteiger partial charge is 0.456 e. The summed E-state index contributed by atoms with van der Waals surface area (Å²) in [7, 11) is 0. The lowest BCUT2D eigenvalue weighted by Crippen LogP contribution is -2.40. The Hall–Kier alpha value is -5.06. The van der Waals surface area contributed by atoms with Crippen LogP contribution in [-0.4, -0.2) is 15.4 Å². The quantitative estimate of drug-likeness (QED) is 0.155. The SMILES string of the molecule is CC1=C(C(=O)Nc2ccccc2)C(c2ccc(C(C)C)cc2)n2c(s/c(=C\c3ccc(-c4ccc(Cl)cc4[N+](=O)[O-])o3)c2=O)=N1. The molecule has 1 unspecified atom stereocenters. The summed E-state index contributed by atoms with van der Waals surface area (Å²) in [5.41, 5.74) is 3.14. The van der Waals surface area contributed by atoms with Crippen molar-refractivity contribution in [1.82, 2.24) is 4.57 Å². The van der Waals surface area contributed by atoms with Crippen molar-refractivity contribution in [3.8, 4) is 11.3 Å². The van der Waals surface area contributed by atoms with Crippen LogP contribution in [0.2, 0.25) is 5.02 Å². The molecule has 0 bridgehead atoms. The van der Waals surface area contributed by atoms with Crippen molar-refractivity contribution < 1.29 is 14.1 Å². The van der Waals surface area contributed by atoms with Crippen molar-refractivity contribution in [1.29, 1.82) is 0 Å². The molecule has 0 spiro atoms. The van der Waals surface area contributed by atoms with Crippen LogP contribution in [0.25, 0.3) is 17.4 Å². The third kappa shape index (κ3) is 5.90. The average molecular weight is 639 g/mol. The number of nitro benzene ring substituents is 1. The molecule has 6 rings (SSSR count). The van der Waals surface area contributed by atoms with Crippen molar-refractivity contribution in [3.05, 3.63) is 148 Å². The molecular formula is C34H27ClN4O5S. The van der Waals surface area contributed by atoms with Gasteiger partial charge in [0.2, 0.25) is 0 Å². The summed E-state index contributed by atoms with van der Waals surface area (Å²) >= 11 is 7.15. The van der Waals surface area contributed by atoms with Crippen molar-refractivity contribution >= 4 is 46.3 Å². The van der Waals surface area contributed by atoms with Gasteiger partial charge in [0, 0.05) is 22.9 Å². The van der Waals surface area contributed by atoms with Crippen LogP contribution in [0.4, 0.5) is 11.4 Å². The molecule has 5 aromatic rings. The molecule has 0 aliphatic carbocycles. The number of anilines is 1. The molecule has 0 saturated carbocycles. The maximum Gasteiger partial charge on any atom is 0.281 e. The molecule has 0 fully saturated rings. The lowest BCUT2D eigenvalue weighted by molar-refractivity contribution is -0.384. The zero-order chi connectivity index (χ0) is 31.8. The number of hydrogen-bond acceptors (Lipinski definition) is 7. The topological polar surface area (TPSA) is 120 Å². The Kier molecular flexibility index (Phi) is 8.09. The number of para-hydroxylation sites is 1. The highest BCUT2D eigenvalue weighted by atomic mass is 35.5. The molecule has 9 nitrogen and oxygen atoms in total. The minimum Gasteiger partial charge on any atom is -0.456 e. The first kappa shape index (κ1) is 30.0. The third-order valence-corrected chi connectivity index (χ3v) is 8.76. The summed E-state index contributed by atoms with van der Waals surface area (Å²) in [5, 5.41) is 14.8. The van der Waals surface area contributed by atoms with Gasteiger partial charge in [-0.3, -0.25) is 24.3 Å². The van der Waals surface area contributed by atoms with Gasteiger partial charge < -0.3 is 9.73 Å². The number of fused-ring (bicyclic) bond motifs is 1. The first-order valence-corrected chi connectivity index (χ1v) is 15.3. The number of allylic oxidation sites excluding steroid dienone is 1. The van der Waals surface area contributed by atoms with Gasteiger partial charge in [0.05, 0.1) is 32.3 Å². The van der Waals surface area contributed by atoms with Gasteiger partial charge in [0.1, 0.15) is 11.5 Å². The summed E-state index contributed by atoms with van der Waals surface area (Å²) in [4.78, 5) is 44.0. The number of carbonyl (C=O) groups excluding carboxylic acids is 1. The maximum absolute atomic E-state index is 14.0. The molecule has 0 saturated heterocycles. The lowest BCUT2D eigenvalue weighted by Gasteiger charge is -2.25. The lowest BCUT2D eigenvalue weighted by atomic mass is 9.93. The highest BCUT2D eigenvalue weighted by molar-refractivity contribution is 7.07. The fourth-order valence-corrected chi connectivity index (χ4v) is 6.47. The van der Waals surface area contributed by atoms with Crippen LogP contribution < -0.4 is 20.2 Å². The van der Waals surface area contributed by atoms with Crippen molar-refractivity contribution in [2.45, 2.75) is 32.7 Å². The number of nitrogens with one attached hydrogen (secondary N) is 1. The number of carbonyl (C=O) groups is 1. The molecule has 0 radical (unpaired) electrons. The van der Waals surface area contributed by atoms with Gasteiger partial charge in [0.15, 0.2) is 4.80 Å². The Morgan fingerprint density at radius 2 is 1.82 bits per heavy atom. The van der Waals surface area contributed by atoms with Crippen LogP contribution in [0, 0.1) is 10.1 Å². The Balaban J connectivity index is 1.45. The molecule has 1 N–H and O–H groups in total. The number of rotatable bonds is 7. The number of aromatic nitrogens is 1. The van der Waals surface area contributed by atoms with Crippen LogP contribution in [-0.2, 0) is 4.79 Å². The molecular weight excluding hydrogens is 612 g/mol. The van der Waals surface area contributed by atoms with E-state index in [9.17, 15) is 19.7 Å². The molecule has 1 aliphatic rings. The number of thiazole rings is 1. The number of halogens is 1. The second-order valence-corrected chi connectivity index (χ2v) is 12.3.